The van der Waals surface area contributed by atoms with Gasteiger partial charge in [-0.05, 0) is 19.8 Å². The zero-order chi connectivity index (χ0) is 15.6. The lowest BCUT2D eigenvalue weighted by atomic mass is 10.1. The molecule has 0 aliphatic carbocycles. The summed E-state index contributed by atoms with van der Waals surface area (Å²) in [6, 6.07) is -0.220. The van der Waals surface area contributed by atoms with Crippen molar-refractivity contribution in [1.29, 1.82) is 0 Å². The minimum Gasteiger partial charge on any atom is -0.342 e. The van der Waals surface area contributed by atoms with Gasteiger partial charge in [0.25, 0.3) is 0 Å². The minimum atomic E-state index is -3.01. The van der Waals surface area contributed by atoms with Crippen LogP contribution in [0.3, 0.4) is 0 Å². The number of hydrogen-bond donors (Lipinski definition) is 0. The van der Waals surface area contributed by atoms with E-state index in [1.807, 2.05) is 13.8 Å². The van der Waals surface area contributed by atoms with Gasteiger partial charge in [-0.25, -0.2) is 8.42 Å². The van der Waals surface area contributed by atoms with Gasteiger partial charge in [-0.15, -0.1) is 0 Å². The van der Waals surface area contributed by atoms with Gasteiger partial charge in [-0.1, -0.05) is 6.92 Å². The molecule has 2 amide bonds. The number of sulfone groups is 1. The molecule has 0 spiro atoms. The normalized spacial score (nSPS) is 28.1. The molecule has 0 radical (unpaired) electrons. The zero-order valence-electron chi connectivity index (χ0n) is 12.7. The van der Waals surface area contributed by atoms with Crippen molar-refractivity contribution < 1.29 is 18.0 Å². The van der Waals surface area contributed by atoms with Crippen LogP contribution < -0.4 is 0 Å². The van der Waals surface area contributed by atoms with Crippen LogP contribution >= 0.6 is 0 Å². The number of rotatable bonds is 5. The molecule has 6 nitrogen and oxygen atoms in total. The van der Waals surface area contributed by atoms with Crippen LogP contribution in [0.2, 0.25) is 0 Å². The van der Waals surface area contributed by atoms with E-state index in [4.69, 9.17) is 0 Å². The highest BCUT2D eigenvalue weighted by atomic mass is 32.2. The number of amides is 2. The van der Waals surface area contributed by atoms with Gasteiger partial charge in [0.15, 0.2) is 9.84 Å². The molecule has 2 aliphatic heterocycles. The van der Waals surface area contributed by atoms with Gasteiger partial charge < -0.3 is 9.80 Å². The van der Waals surface area contributed by atoms with Crippen molar-refractivity contribution in [2.24, 2.45) is 5.92 Å². The Balaban J connectivity index is 2.03. The molecule has 120 valence electrons. The van der Waals surface area contributed by atoms with E-state index in [0.29, 0.717) is 26.1 Å². The summed E-state index contributed by atoms with van der Waals surface area (Å²) in [5, 5.41) is 0. The second-order valence-electron chi connectivity index (χ2n) is 5.92. The fraction of sp³-hybridized carbons (Fsp3) is 0.857. The Morgan fingerprint density at radius 2 is 2.10 bits per heavy atom. The third kappa shape index (κ3) is 3.56. The summed E-state index contributed by atoms with van der Waals surface area (Å²) in [6.45, 7) is 5.53. The van der Waals surface area contributed by atoms with E-state index in [2.05, 4.69) is 0 Å². The Morgan fingerprint density at radius 3 is 2.62 bits per heavy atom. The van der Waals surface area contributed by atoms with Crippen LogP contribution in [0.5, 0.6) is 0 Å². The van der Waals surface area contributed by atoms with E-state index < -0.39 is 9.84 Å². The number of carbonyl (C=O) groups excluding carboxylic acids is 2. The van der Waals surface area contributed by atoms with Crippen molar-refractivity contribution in [2.75, 3.05) is 31.1 Å². The Bertz CT molecular complexity index is 517. The van der Waals surface area contributed by atoms with Crippen molar-refractivity contribution >= 4 is 21.7 Å². The molecule has 2 unspecified atom stereocenters. The van der Waals surface area contributed by atoms with Crippen molar-refractivity contribution in [3.8, 4) is 0 Å². The van der Waals surface area contributed by atoms with Crippen LogP contribution in [0.25, 0.3) is 0 Å². The smallest absolute Gasteiger partial charge is 0.228 e. The van der Waals surface area contributed by atoms with E-state index in [1.54, 1.807) is 9.80 Å². The third-order valence-corrected chi connectivity index (χ3v) is 6.08. The number of likely N-dealkylation sites (tertiary alicyclic amines) is 1. The van der Waals surface area contributed by atoms with E-state index in [0.717, 1.165) is 6.42 Å². The van der Waals surface area contributed by atoms with Crippen molar-refractivity contribution in [3.63, 3.8) is 0 Å². The largest absolute Gasteiger partial charge is 0.342 e. The molecule has 0 bridgehead atoms. The number of nitrogens with zero attached hydrogens (tertiary/aromatic N) is 2. The number of carbonyl (C=O) groups is 2. The third-order valence-electron chi connectivity index (χ3n) is 4.33. The maximum absolute atomic E-state index is 12.6. The Labute approximate surface area is 126 Å². The zero-order valence-corrected chi connectivity index (χ0v) is 13.6. The molecule has 7 heteroatoms. The molecule has 2 rings (SSSR count). The highest BCUT2D eigenvalue weighted by Crippen LogP contribution is 2.24. The molecule has 0 saturated carbocycles. The number of hydrogen-bond acceptors (Lipinski definition) is 4. The predicted octanol–water partition coefficient (Wildman–Crippen LogP) is 0.281. The first-order valence-corrected chi connectivity index (χ1v) is 9.48. The summed E-state index contributed by atoms with van der Waals surface area (Å²) in [5.74, 6) is -0.122. The Morgan fingerprint density at radius 1 is 1.38 bits per heavy atom. The molecule has 0 aromatic heterocycles. The maximum atomic E-state index is 12.6. The predicted molar refractivity (Wildman–Crippen MR) is 79.4 cm³/mol. The summed E-state index contributed by atoms with van der Waals surface area (Å²) in [7, 11) is -3.01. The highest BCUT2D eigenvalue weighted by molar-refractivity contribution is 7.91. The van der Waals surface area contributed by atoms with Crippen LogP contribution in [0.1, 0.15) is 33.1 Å². The van der Waals surface area contributed by atoms with Gasteiger partial charge in [-0.3, -0.25) is 9.59 Å². The lowest BCUT2D eigenvalue weighted by Crippen LogP contribution is -2.44. The summed E-state index contributed by atoms with van der Waals surface area (Å²) >= 11 is 0. The monoisotopic (exact) mass is 316 g/mol. The van der Waals surface area contributed by atoms with Crippen LogP contribution in [0, 0.1) is 5.92 Å². The van der Waals surface area contributed by atoms with Crippen molar-refractivity contribution in [1.82, 2.24) is 9.80 Å². The average molecular weight is 316 g/mol. The molecular formula is C14H24N2O4S. The SMILES string of the molecule is CCCN1CC(C(=O)N(CC)C2CCS(=O)(=O)C2)CC1=O. The summed E-state index contributed by atoms with van der Waals surface area (Å²) in [4.78, 5) is 27.9. The minimum absolute atomic E-state index is 0.0327. The highest BCUT2D eigenvalue weighted by Gasteiger charge is 2.40. The van der Waals surface area contributed by atoms with Crippen LogP contribution in [-0.2, 0) is 19.4 Å². The molecular weight excluding hydrogens is 292 g/mol. The van der Waals surface area contributed by atoms with Gasteiger partial charge in [0, 0.05) is 32.1 Å². The second-order valence-corrected chi connectivity index (χ2v) is 8.15. The molecule has 2 fully saturated rings. The van der Waals surface area contributed by atoms with Crippen molar-refractivity contribution in [3.05, 3.63) is 0 Å². The first-order chi connectivity index (χ1) is 9.88. The van der Waals surface area contributed by atoms with Crippen LogP contribution in [-0.4, -0.2) is 67.2 Å². The first kappa shape index (κ1) is 16.3. The summed E-state index contributed by atoms with van der Waals surface area (Å²) in [5.41, 5.74) is 0. The maximum Gasteiger partial charge on any atom is 0.228 e. The molecule has 2 heterocycles. The van der Waals surface area contributed by atoms with Crippen LogP contribution in [0.4, 0.5) is 0 Å². The molecule has 2 aliphatic rings. The second kappa shape index (κ2) is 6.34. The topological polar surface area (TPSA) is 74.8 Å². The molecule has 2 saturated heterocycles. The Kier molecular flexibility index (Phi) is 4.91. The van der Waals surface area contributed by atoms with E-state index in [9.17, 15) is 18.0 Å². The molecule has 21 heavy (non-hydrogen) atoms. The van der Waals surface area contributed by atoms with E-state index >= 15 is 0 Å². The lowest BCUT2D eigenvalue weighted by Gasteiger charge is -2.29. The van der Waals surface area contributed by atoms with Gasteiger partial charge in [0.1, 0.15) is 0 Å². The molecule has 0 aromatic carbocycles. The van der Waals surface area contributed by atoms with Gasteiger partial charge >= 0.3 is 0 Å². The van der Waals surface area contributed by atoms with Crippen molar-refractivity contribution in [2.45, 2.75) is 39.2 Å². The van der Waals surface area contributed by atoms with Gasteiger partial charge in [0.2, 0.25) is 11.8 Å². The fourth-order valence-electron chi connectivity index (χ4n) is 3.27. The van der Waals surface area contributed by atoms with Gasteiger partial charge in [-0.2, -0.15) is 0 Å². The van der Waals surface area contributed by atoms with E-state index in [-0.39, 0.29) is 41.7 Å². The Hall–Kier alpha value is -1.11. The van der Waals surface area contributed by atoms with Crippen LogP contribution in [0.15, 0.2) is 0 Å². The van der Waals surface area contributed by atoms with E-state index in [1.165, 1.54) is 0 Å². The lowest BCUT2D eigenvalue weighted by molar-refractivity contribution is -0.137. The average Bonchev–Trinajstić information content (AvgIpc) is 2.95. The molecule has 0 aromatic rings. The van der Waals surface area contributed by atoms with Gasteiger partial charge in [0.05, 0.1) is 17.4 Å². The first-order valence-electron chi connectivity index (χ1n) is 7.66. The molecule has 2 atom stereocenters. The summed E-state index contributed by atoms with van der Waals surface area (Å²) in [6.07, 6.45) is 1.65. The quantitative estimate of drug-likeness (QED) is 0.730. The summed E-state index contributed by atoms with van der Waals surface area (Å²) < 4.78 is 23.2. The fourth-order valence-corrected chi connectivity index (χ4v) is 5.00. The standard InChI is InChI=1S/C14H24N2O4S/c1-3-6-15-9-11(8-13(15)17)14(18)16(4-2)12-5-7-21(19,20)10-12/h11-12H,3-10H2,1-2H3. The molecule has 0 N–H and O–H groups in total.